The van der Waals surface area contributed by atoms with Crippen molar-refractivity contribution >= 4 is 22.9 Å². The number of aromatic nitrogens is 2. The second kappa shape index (κ2) is 4.08. The third kappa shape index (κ3) is 1.95. The third-order valence-electron chi connectivity index (χ3n) is 1.59. The zero-order valence-corrected chi connectivity index (χ0v) is 8.68. The molecule has 2 aromatic heterocycles. The first kappa shape index (κ1) is 9.64. The van der Waals surface area contributed by atoms with E-state index in [1.807, 2.05) is 6.07 Å². The molecule has 0 aliphatic heterocycles. The van der Waals surface area contributed by atoms with Crippen LogP contribution < -0.4 is 0 Å². The number of aliphatic hydroxyl groups excluding tert-OH is 1. The van der Waals surface area contributed by atoms with Crippen LogP contribution in [0, 0.1) is 0 Å². The van der Waals surface area contributed by atoms with Crippen molar-refractivity contribution in [1.82, 2.24) is 10.1 Å². The molecule has 0 saturated heterocycles. The van der Waals surface area contributed by atoms with E-state index in [0.717, 1.165) is 4.88 Å². The van der Waals surface area contributed by atoms with E-state index in [2.05, 4.69) is 10.1 Å². The lowest BCUT2D eigenvalue weighted by molar-refractivity contribution is 0.274. The highest BCUT2D eigenvalue weighted by molar-refractivity contribution is 7.19. The Labute approximate surface area is 89.1 Å². The quantitative estimate of drug-likeness (QED) is 0.876. The molecule has 0 radical (unpaired) electrons. The molecule has 0 unspecified atom stereocenters. The monoisotopic (exact) mass is 230 g/mol. The van der Waals surface area contributed by atoms with Gasteiger partial charge in [0.05, 0.1) is 22.2 Å². The van der Waals surface area contributed by atoms with Crippen molar-refractivity contribution in [3.05, 3.63) is 22.4 Å². The highest BCUT2D eigenvalue weighted by Gasteiger charge is 2.09. The first-order chi connectivity index (χ1) is 6.79. The van der Waals surface area contributed by atoms with Crippen LogP contribution in [0.25, 0.3) is 10.7 Å². The summed E-state index contributed by atoms with van der Waals surface area (Å²) in [7, 11) is 0. The summed E-state index contributed by atoms with van der Waals surface area (Å²) >= 11 is 7.16. The largest absolute Gasteiger partial charge is 0.396 e. The van der Waals surface area contributed by atoms with E-state index < -0.39 is 0 Å². The van der Waals surface area contributed by atoms with Crippen molar-refractivity contribution in [2.75, 3.05) is 6.61 Å². The van der Waals surface area contributed by atoms with Crippen molar-refractivity contribution in [3.63, 3.8) is 0 Å². The molecule has 0 atom stereocenters. The summed E-state index contributed by atoms with van der Waals surface area (Å²) < 4.78 is 5.60. The molecule has 0 spiro atoms. The molecule has 6 heteroatoms. The first-order valence-electron chi connectivity index (χ1n) is 3.99. The predicted octanol–water partition coefficient (Wildman–Crippen LogP) is 1.99. The minimum absolute atomic E-state index is 0.00678. The van der Waals surface area contributed by atoms with Crippen molar-refractivity contribution in [2.24, 2.45) is 0 Å². The van der Waals surface area contributed by atoms with E-state index in [9.17, 15) is 0 Å². The zero-order valence-electron chi connectivity index (χ0n) is 7.11. The molecule has 4 nitrogen and oxygen atoms in total. The minimum Gasteiger partial charge on any atom is -0.396 e. The highest BCUT2D eigenvalue weighted by atomic mass is 35.5. The second-order valence-corrected chi connectivity index (χ2v) is 4.30. The standard InChI is InChI=1S/C8H7ClN2O2S/c9-6-2-1-5(14-6)8-10-7(3-4-12)13-11-8/h1-2,12H,3-4H2. The van der Waals surface area contributed by atoms with E-state index in [4.69, 9.17) is 21.2 Å². The summed E-state index contributed by atoms with van der Waals surface area (Å²) in [6.45, 7) is 0.00678. The van der Waals surface area contributed by atoms with Crippen LogP contribution in [0.15, 0.2) is 16.7 Å². The lowest BCUT2D eigenvalue weighted by Gasteiger charge is -1.84. The molecule has 1 N–H and O–H groups in total. The van der Waals surface area contributed by atoms with Crippen molar-refractivity contribution in [1.29, 1.82) is 0 Å². The summed E-state index contributed by atoms with van der Waals surface area (Å²) in [6.07, 6.45) is 0.381. The van der Waals surface area contributed by atoms with E-state index in [1.165, 1.54) is 11.3 Å². The lowest BCUT2D eigenvalue weighted by atomic mass is 10.4. The van der Waals surface area contributed by atoms with Crippen LogP contribution in [-0.4, -0.2) is 21.9 Å². The molecule has 0 bridgehead atoms. The Morgan fingerprint density at radius 1 is 1.50 bits per heavy atom. The van der Waals surface area contributed by atoms with Gasteiger partial charge < -0.3 is 9.63 Å². The molecule has 0 aromatic carbocycles. The van der Waals surface area contributed by atoms with Gasteiger partial charge in [-0.1, -0.05) is 16.8 Å². The maximum atomic E-state index is 8.66. The summed E-state index contributed by atoms with van der Waals surface area (Å²) in [5.74, 6) is 0.956. The minimum atomic E-state index is 0.00678. The van der Waals surface area contributed by atoms with Gasteiger partial charge in [-0.05, 0) is 12.1 Å². The van der Waals surface area contributed by atoms with E-state index in [0.29, 0.717) is 22.5 Å². The molecule has 2 rings (SSSR count). The molecule has 0 amide bonds. The smallest absolute Gasteiger partial charge is 0.229 e. The highest BCUT2D eigenvalue weighted by Crippen LogP contribution is 2.28. The molecule has 14 heavy (non-hydrogen) atoms. The van der Waals surface area contributed by atoms with Crippen molar-refractivity contribution < 1.29 is 9.63 Å². The number of thiophene rings is 1. The molecule has 2 aromatic rings. The molecule has 0 saturated carbocycles. The van der Waals surface area contributed by atoms with Gasteiger partial charge in [-0.15, -0.1) is 11.3 Å². The third-order valence-corrected chi connectivity index (χ3v) is 2.81. The Kier molecular flexibility index (Phi) is 2.81. The summed E-state index contributed by atoms with van der Waals surface area (Å²) in [6, 6.07) is 3.62. The molecule has 74 valence electrons. The van der Waals surface area contributed by atoms with Crippen molar-refractivity contribution in [2.45, 2.75) is 6.42 Å². The lowest BCUT2D eigenvalue weighted by Crippen LogP contribution is -1.89. The van der Waals surface area contributed by atoms with Gasteiger partial charge in [0.15, 0.2) is 0 Å². The average molecular weight is 231 g/mol. The maximum absolute atomic E-state index is 8.66. The van der Waals surface area contributed by atoms with Gasteiger partial charge >= 0.3 is 0 Å². The SMILES string of the molecule is OCCc1nc(-c2ccc(Cl)s2)no1. The van der Waals surface area contributed by atoms with Gasteiger partial charge in [-0.2, -0.15) is 4.98 Å². The Morgan fingerprint density at radius 2 is 2.36 bits per heavy atom. The second-order valence-electron chi connectivity index (χ2n) is 2.59. The van der Waals surface area contributed by atoms with E-state index in [1.54, 1.807) is 6.07 Å². The number of aliphatic hydroxyl groups is 1. The predicted molar refractivity (Wildman–Crippen MR) is 53.4 cm³/mol. The van der Waals surface area contributed by atoms with Gasteiger partial charge in [-0.3, -0.25) is 0 Å². The van der Waals surface area contributed by atoms with Crippen LogP contribution >= 0.6 is 22.9 Å². The molecule has 2 heterocycles. The zero-order chi connectivity index (χ0) is 9.97. The van der Waals surface area contributed by atoms with E-state index in [-0.39, 0.29) is 6.61 Å². The normalized spacial score (nSPS) is 10.7. The maximum Gasteiger partial charge on any atom is 0.229 e. The summed E-state index contributed by atoms with van der Waals surface area (Å²) in [5.41, 5.74) is 0. The van der Waals surface area contributed by atoms with Crippen LogP contribution in [0.5, 0.6) is 0 Å². The van der Waals surface area contributed by atoms with Crippen LogP contribution in [0.1, 0.15) is 5.89 Å². The Hall–Kier alpha value is -0.910. The number of hydrogen-bond acceptors (Lipinski definition) is 5. The number of nitrogens with zero attached hydrogens (tertiary/aromatic N) is 2. The van der Waals surface area contributed by atoms with Gasteiger partial charge in [-0.25, -0.2) is 0 Å². The van der Waals surface area contributed by atoms with Crippen molar-refractivity contribution in [3.8, 4) is 10.7 Å². The van der Waals surface area contributed by atoms with Crippen LogP contribution in [0.4, 0.5) is 0 Å². The summed E-state index contributed by atoms with van der Waals surface area (Å²) in [4.78, 5) is 4.96. The fourth-order valence-electron chi connectivity index (χ4n) is 0.987. The van der Waals surface area contributed by atoms with E-state index >= 15 is 0 Å². The number of halogens is 1. The van der Waals surface area contributed by atoms with Gasteiger partial charge in [0.1, 0.15) is 0 Å². The van der Waals surface area contributed by atoms with Gasteiger partial charge in [0.25, 0.3) is 0 Å². The van der Waals surface area contributed by atoms with Gasteiger partial charge in [0.2, 0.25) is 11.7 Å². The average Bonchev–Trinajstić information content (AvgIpc) is 2.74. The topological polar surface area (TPSA) is 59.2 Å². The molecule has 0 fully saturated rings. The Bertz CT molecular complexity index is 426. The fraction of sp³-hybridized carbons (Fsp3) is 0.250. The number of hydrogen-bond donors (Lipinski definition) is 1. The molecular weight excluding hydrogens is 224 g/mol. The molecule has 0 aliphatic carbocycles. The molecule has 0 aliphatic rings. The van der Waals surface area contributed by atoms with Crippen LogP contribution in [0.3, 0.4) is 0 Å². The van der Waals surface area contributed by atoms with Crippen LogP contribution in [-0.2, 0) is 6.42 Å². The summed E-state index contributed by atoms with van der Waals surface area (Å²) in [5, 5.41) is 12.4. The molecular formula is C8H7ClN2O2S. The van der Waals surface area contributed by atoms with Gasteiger partial charge in [0, 0.05) is 0 Å². The van der Waals surface area contributed by atoms with Crippen LogP contribution in [0.2, 0.25) is 4.34 Å². The first-order valence-corrected chi connectivity index (χ1v) is 5.18. The Balaban J connectivity index is 2.24. The fourth-order valence-corrected chi connectivity index (χ4v) is 1.96. The Morgan fingerprint density at radius 3 is 3.00 bits per heavy atom. The number of rotatable bonds is 3.